The van der Waals surface area contributed by atoms with Gasteiger partial charge in [-0.05, 0) is 44.9 Å². The molecule has 0 aliphatic carbocycles. The molecular weight excluding hydrogens is 1550 g/mol. The molecule has 118 heavy (non-hydrogen) atoms. The van der Waals surface area contributed by atoms with E-state index in [4.69, 9.17) is 56.8 Å². The van der Waals surface area contributed by atoms with Gasteiger partial charge in [-0.2, -0.15) is 0 Å². The number of aliphatic hydroxyl groups excluding tert-OH is 18. The molecule has 0 aromatic carbocycles. The van der Waals surface area contributed by atoms with Crippen molar-refractivity contribution in [3.05, 3.63) is 24.3 Å². The number of ether oxygens (including phenoxy) is 12. The molecule has 3 amide bonds. The number of hydrogen-bond donors (Lipinski definition) is 21. The van der Waals surface area contributed by atoms with Crippen molar-refractivity contribution in [3.63, 3.8) is 0 Å². The molecule has 6 aliphatic heterocycles. The zero-order valence-corrected chi connectivity index (χ0v) is 69.5. The first kappa shape index (κ1) is 103. The van der Waals surface area contributed by atoms with Crippen LogP contribution in [0.25, 0.3) is 0 Å². The Balaban J connectivity index is 1.07. The fourth-order valence-corrected chi connectivity index (χ4v) is 15.9. The lowest BCUT2D eigenvalue weighted by molar-refractivity contribution is -0.387. The number of carbonyl (C=O) groups excluding carboxylic acids is 3. The highest BCUT2D eigenvalue weighted by atomic mass is 16.8. The van der Waals surface area contributed by atoms with Crippen molar-refractivity contribution in [3.8, 4) is 0 Å². The van der Waals surface area contributed by atoms with Crippen LogP contribution in [0.2, 0.25) is 0 Å². The summed E-state index contributed by atoms with van der Waals surface area (Å²) in [5.74, 6) is -2.06. The fourth-order valence-electron chi connectivity index (χ4n) is 15.9. The Morgan fingerprint density at radius 1 is 0.331 bits per heavy atom. The Labute approximate surface area is 694 Å². The molecule has 0 saturated carbocycles. The molecule has 6 fully saturated rings. The molecule has 688 valence electrons. The van der Waals surface area contributed by atoms with Crippen LogP contribution in [0.1, 0.15) is 233 Å². The van der Waals surface area contributed by atoms with Crippen molar-refractivity contribution in [1.29, 1.82) is 0 Å². The van der Waals surface area contributed by atoms with Gasteiger partial charge in [0, 0.05) is 20.3 Å². The molecule has 6 aliphatic rings. The third kappa shape index (κ3) is 32.6. The third-order valence-electron chi connectivity index (χ3n) is 22.9. The second-order valence-electron chi connectivity index (χ2n) is 32.4. The van der Waals surface area contributed by atoms with Gasteiger partial charge in [-0.15, -0.1) is 0 Å². The normalized spacial score (nSPS) is 36.0. The van der Waals surface area contributed by atoms with E-state index in [2.05, 4.69) is 41.9 Å². The summed E-state index contributed by atoms with van der Waals surface area (Å²) >= 11 is 0. The van der Waals surface area contributed by atoms with Gasteiger partial charge in [0.05, 0.1) is 58.4 Å². The summed E-state index contributed by atoms with van der Waals surface area (Å²) in [5, 5.41) is 208. The quantitative estimate of drug-likeness (QED) is 0.0274. The number of allylic oxidation sites excluding steroid dienone is 3. The van der Waals surface area contributed by atoms with Crippen molar-refractivity contribution in [1.82, 2.24) is 16.0 Å². The summed E-state index contributed by atoms with van der Waals surface area (Å²) in [5.41, 5.74) is 0. The lowest BCUT2D eigenvalue weighted by atomic mass is 9.93. The van der Waals surface area contributed by atoms with Gasteiger partial charge in [-0.1, -0.05) is 192 Å². The Kier molecular flexibility index (Phi) is 49.6. The molecule has 0 aromatic heterocycles. The van der Waals surface area contributed by atoms with E-state index in [-0.39, 0.29) is 12.3 Å². The number of nitrogens with one attached hydrogen (secondary N) is 3. The minimum atomic E-state index is -2.26. The molecule has 0 spiro atoms. The van der Waals surface area contributed by atoms with Gasteiger partial charge >= 0.3 is 0 Å². The molecule has 36 nitrogen and oxygen atoms in total. The van der Waals surface area contributed by atoms with E-state index in [0.29, 0.717) is 12.8 Å². The van der Waals surface area contributed by atoms with Crippen molar-refractivity contribution in [2.45, 2.75) is 429 Å². The van der Waals surface area contributed by atoms with Gasteiger partial charge in [0.25, 0.3) is 0 Å². The Morgan fingerprint density at radius 3 is 1.08 bits per heavy atom. The predicted octanol–water partition coefficient (Wildman–Crippen LogP) is -0.307. The van der Waals surface area contributed by atoms with Gasteiger partial charge in [0.2, 0.25) is 17.7 Å². The number of rotatable bonds is 57. The summed E-state index contributed by atoms with van der Waals surface area (Å²) < 4.78 is 71.1. The van der Waals surface area contributed by atoms with Crippen LogP contribution in [0.4, 0.5) is 0 Å². The van der Waals surface area contributed by atoms with E-state index >= 15 is 0 Å². The van der Waals surface area contributed by atoms with Crippen LogP contribution in [0.3, 0.4) is 0 Å². The molecule has 6 heterocycles. The largest absolute Gasteiger partial charge is 0.394 e. The molecule has 21 N–H and O–H groups in total. The standard InChI is InChI=1S/C82H147N3O33/c1-5-7-9-11-13-15-17-19-20-21-22-23-24-25-26-28-30-32-34-36-38-40-58(95)85-50(51(94)39-37-35-33-31-29-27-18-16-14-12-10-8-6-2)47-107-79-69(104)67(102)73(57(46-91)113-79)115-82-70(105)75(63(98)54(43-88)111-82)117-77-59(83-48(3)92)65(100)72(56(45-90)112-77)114-81-71(106)76(64(99)55(44-89)110-81)118-78-60(84-49(4)93)74(62(97)53(42-87)108-78)116-80-68(103)66(101)61(96)52(41-86)109-80/h19-20,37,39,50-57,59-82,86-91,94,96-106H,5-18,21-36,38,40-47H2,1-4H3,(H,83,92)(H,84,93)(H,85,95)/b20-19-,39-37+/t50-,51+,52?,53?,54?,55?,56?,57?,59?,60?,61-,62+,63-,64-,65+,66-,67+,68?,69?,70?,71?,72+,73+,74+,75-,76-,77-,78-,79+,80-,81-,82-/m0/s1. The van der Waals surface area contributed by atoms with Gasteiger partial charge in [0.1, 0.15) is 146 Å². The van der Waals surface area contributed by atoms with Crippen LogP contribution in [0, 0.1) is 0 Å². The average Bonchev–Trinajstić information content (AvgIpc) is 0.776. The highest BCUT2D eigenvalue weighted by Gasteiger charge is 2.59. The zero-order valence-electron chi connectivity index (χ0n) is 69.5. The maximum Gasteiger partial charge on any atom is 0.220 e. The minimum absolute atomic E-state index is 0.171. The van der Waals surface area contributed by atoms with Crippen molar-refractivity contribution >= 4 is 17.7 Å². The molecule has 0 bridgehead atoms. The average molecular weight is 1700 g/mol. The zero-order chi connectivity index (χ0) is 86.2. The van der Waals surface area contributed by atoms with Gasteiger partial charge in [-0.25, -0.2) is 0 Å². The molecule has 36 heteroatoms. The van der Waals surface area contributed by atoms with E-state index in [9.17, 15) is 106 Å². The van der Waals surface area contributed by atoms with Gasteiger partial charge in [-0.3, -0.25) is 14.4 Å². The summed E-state index contributed by atoms with van der Waals surface area (Å²) in [7, 11) is 0. The van der Waals surface area contributed by atoms with Crippen molar-refractivity contribution < 1.29 is 163 Å². The van der Waals surface area contributed by atoms with Crippen LogP contribution in [0.5, 0.6) is 0 Å². The molecular formula is C82H147N3O33. The van der Waals surface area contributed by atoms with Gasteiger partial charge in [0.15, 0.2) is 37.7 Å². The lowest BCUT2D eigenvalue weighted by Crippen LogP contribution is -2.71. The molecule has 0 aromatic rings. The Hall–Kier alpha value is -3.31. The predicted molar refractivity (Wildman–Crippen MR) is 421 cm³/mol. The van der Waals surface area contributed by atoms with E-state index in [1.807, 2.05) is 6.08 Å². The number of carbonyl (C=O) groups is 3. The Bertz CT molecular complexity index is 2760. The second-order valence-corrected chi connectivity index (χ2v) is 32.4. The van der Waals surface area contributed by atoms with E-state index in [0.717, 1.165) is 71.6 Å². The molecule has 6 saturated heterocycles. The molecule has 32 atom stereocenters. The molecule has 6 rings (SSSR count). The lowest BCUT2D eigenvalue weighted by Gasteiger charge is -2.51. The third-order valence-corrected chi connectivity index (χ3v) is 22.9. The van der Waals surface area contributed by atoms with Crippen LogP contribution in [-0.4, -0.2) is 352 Å². The highest BCUT2D eigenvalue weighted by molar-refractivity contribution is 5.76. The van der Waals surface area contributed by atoms with Gasteiger partial charge < -0.3 is 165 Å². The second kappa shape index (κ2) is 56.6. The van der Waals surface area contributed by atoms with Crippen LogP contribution in [0.15, 0.2) is 24.3 Å². The number of amides is 3. The maximum atomic E-state index is 13.6. The Morgan fingerprint density at radius 2 is 0.653 bits per heavy atom. The minimum Gasteiger partial charge on any atom is -0.394 e. The summed E-state index contributed by atoms with van der Waals surface area (Å²) in [6, 6.07) is -4.67. The van der Waals surface area contributed by atoms with Crippen molar-refractivity contribution in [2.24, 2.45) is 0 Å². The number of hydrogen-bond acceptors (Lipinski definition) is 33. The highest BCUT2D eigenvalue weighted by Crippen LogP contribution is 2.38. The molecule has 12 unspecified atom stereocenters. The van der Waals surface area contributed by atoms with E-state index in [1.165, 1.54) is 128 Å². The maximum absolute atomic E-state index is 13.6. The van der Waals surface area contributed by atoms with E-state index in [1.54, 1.807) is 6.08 Å². The number of aliphatic hydroxyl groups is 18. The number of unbranched alkanes of at least 4 members (excludes halogenated alkanes) is 28. The molecule has 0 radical (unpaired) electrons. The van der Waals surface area contributed by atoms with Crippen LogP contribution in [-0.2, 0) is 71.2 Å². The SMILES string of the molecule is CCCCCCCC/C=C\CCCCCCCCCCCCCC(=O)N[C@@H](CO[C@@H]1OC(CO)[C@@H](O[C@@H]2OC(CO)[C@H](O)[C@H](O[C@@H]3OC(CO)[C@@H](O[C@@H]4OC(CO)[C@H](O)[C@H](O[C@@H]5OC(CO)[C@@H](O)[C@H](O[C@@H]6OC(CO)[C@H](O)[C@H](O)C6O)C5NC(C)=O)C4O)[C@H](O)C3NC(C)=O)C2O)[C@H](O)C1O)[C@H](O)/C=C/CCCCCCCCCCCCC. The van der Waals surface area contributed by atoms with E-state index < -0.39 is 254 Å². The summed E-state index contributed by atoms with van der Waals surface area (Å²) in [4.78, 5) is 39.4. The van der Waals surface area contributed by atoms with Crippen LogP contribution < -0.4 is 16.0 Å². The summed E-state index contributed by atoms with van der Waals surface area (Å²) in [6.07, 6.45) is -11.4. The summed E-state index contributed by atoms with van der Waals surface area (Å²) in [6.45, 7) is 0.0479. The monoisotopic (exact) mass is 1700 g/mol. The first-order valence-electron chi connectivity index (χ1n) is 43.6. The first-order chi connectivity index (χ1) is 56.8. The van der Waals surface area contributed by atoms with Crippen LogP contribution >= 0.6 is 0 Å². The van der Waals surface area contributed by atoms with Crippen molar-refractivity contribution in [2.75, 3.05) is 46.2 Å². The first-order valence-corrected chi connectivity index (χ1v) is 43.6. The topological polar surface area (TPSA) is 562 Å². The smallest absolute Gasteiger partial charge is 0.220 e. The fraction of sp³-hybridized carbons (Fsp3) is 0.915.